The summed E-state index contributed by atoms with van der Waals surface area (Å²) >= 11 is 0. The zero-order chi connectivity index (χ0) is 19.4. The highest BCUT2D eigenvalue weighted by Gasteiger charge is 2.08. The molecule has 0 N–H and O–H groups in total. The molecule has 5 heteroatoms. The molecule has 0 aliphatic carbocycles. The van der Waals surface area contributed by atoms with Crippen LogP contribution in [0.5, 0.6) is 11.5 Å². The number of benzene rings is 3. The van der Waals surface area contributed by atoms with Gasteiger partial charge in [-0.3, -0.25) is 0 Å². The second kappa shape index (κ2) is 7.66. The van der Waals surface area contributed by atoms with Crippen LogP contribution in [0.2, 0.25) is 0 Å². The molecule has 0 atom stereocenters. The second-order valence-electron chi connectivity index (χ2n) is 5.65. The Hall–Kier alpha value is -3.73. The van der Waals surface area contributed by atoms with Crippen LogP contribution in [0, 0.1) is 5.82 Å². The molecular formula is C22H15FO4. The van der Waals surface area contributed by atoms with Crippen LogP contribution in [-0.2, 0) is 9.59 Å². The van der Waals surface area contributed by atoms with E-state index in [1.165, 1.54) is 6.07 Å². The number of carbonyl (C=O) groups is 2. The number of esters is 2. The summed E-state index contributed by atoms with van der Waals surface area (Å²) in [6.07, 6.45) is 2.10. The molecule has 0 saturated carbocycles. The van der Waals surface area contributed by atoms with Crippen LogP contribution in [0.1, 0.15) is 0 Å². The first-order valence-corrected chi connectivity index (χ1v) is 8.02. The fourth-order valence-electron chi connectivity index (χ4n) is 2.57. The van der Waals surface area contributed by atoms with Gasteiger partial charge in [0, 0.05) is 18.2 Å². The standard InChI is InChI=1S/C22H15FO4/c1-3-21(24)26-19-8-7-14-9-15(5-6-16(14)11-19)17-10-18(23)13-20(12-17)27-22(25)4-2/h3-13H,1-2H2. The van der Waals surface area contributed by atoms with Gasteiger partial charge < -0.3 is 9.47 Å². The molecule has 4 nitrogen and oxygen atoms in total. The summed E-state index contributed by atoms with van der Waals surface area (Å²) in [7, 11) is 0. The first-order chi connectivity index (χ1) is 13.0. The number of fused-ring (bicyclic) bond motifs is 1. The van der Waals surface area contributed by atoms with Crippen molar-refractivity contribution in [2.24, 2.45) is 0 Å². The smallest absolute Gasteiger partial charge is 0.335 e. The van der Waals surface area contributed by atoms with E-state index in [-0.39, 0.29) is 5.75 Å². The van der Waals surface area contributed by atoms with Crippen LogP contribution in [0.25, 0.3) is 21.9 Å². The van der Waals surface area contributed by atoms with E-state index in [2.05, 4.69) is 13.2 Å². The molecule has 3 rings (SSSR count). The van der Waals surface area contributed by atoms with Gasteiger partial charge in [-0.15, -0.1) is 0 Å². The molecule has 0 fully saturated rings. The van der Waals surface area contributed by atoms with Crippen molar-refractivity contribution >= 4 is 22.7 Å². The van der Waals surface area contributed by atoms with Crippen LogP contribution in [0.4, 0.5) is 4.39 Å². The summed E-state index contributed by atoms with van der Waals surface area (Å²) in [5.74, 6) is -1.21. The topological polar surface area (TPSA) is 52.6 Å². The summed E-state index contributed by atoms with van der Waals surface area (Å²) in [5.41, 5.74) is 1.31. The summed E-state index contributed by atoms with van der Waals surface area (Å²) in [6, 6.07) is 14.7. The summed E-state index contributed by atoms with van der Waals surface area (Å²) in [4.78, 5) is 22.6. The Morgan fingerprint density at radius 2 is 1.37 bits per heavy atom. The van der Waals surface area contributed by atoms with E-state index in [0.29, 0.717) is 11.3 Å². The first-order valence-electron chi connectivity index (χ1n) is 8.02. The molecule has 3 aromatic carbocycles. The molecule has 0 saturated heterocycles. The van der Waals surface area contributed by atoms with Gasteiger partial charge in [0.25, 0.3) is 0 Å². The fourth-order valence-corrected chi connectivity index (χ4v) is 2.57. The number of hydrogen-bond donors (Lipinski definition) is 0. The average molecular weight is 362 g/mol. The van der Waals surface area contributed by atoms with Gasteiger partial charge in [0.05, 0.1) is 0 Å². The SMILES string of the molecule is C=CC(=O)Oc1cc(F)cc(-c2ccc3cc(OC(=O)C=C)ccc3c2)c1. The Labute approximate surface area is 155 Å². The van der Waals surface area contributed by atoms with Gasteiger partial charge in [-0.2, -0.15) is 0 Å². The van der Waals surface area contributed by atoms with Crippen molar-refractivity contribution in [2.45, 2.75) is 0 Å². The molecule has 0 amide bonds. The predicted octanol–water partition coefficient (Wildman–Crippen LogP) is 4.83. The minimum absolute atomic E-state index is 0.0988. The first kappa shape index (κ1) is 18.1. The highest BCUT2D eigenvalue weighted by Crippen LogP contribution is 2.30. The quantitative estimate of drug-likeness (QED) is 0.371. The van der Waals surface area contributed by atoms with Crippen molar-refractivity contribution < 1.29 is 23.5 Å². The van der Waals surface area contributed by atoms with Crippen molar-refractivity contribution in [1.29, 1.82) is 0 Å². The van der Waals surface area contributed by atoms with Crippen LogP contribution < -0.4 is 9.47 Å². The molecule has 27 heavy (non-hydrogen) atoms. The molecule has 0 bridgehead atoms. The Morgan fingerprint density at radius 3 is 2.07 bits per heavy atom. The number of halogens is 1. The van der Waals surface area contributed by atoms with Gasteiger partial charge in [0.15, 0.2) is 0 Å². The summed E-state index contributed by atoms with van der Waals surface area (Å²) < 4.78 is 24.0. The lowest BCUT2D eigenvalue weighted by molar-refractivity contribution is -0.129. The zero-order valence-electron chi connectivity index (χ0n) is 14.3. The molecule has 3 aromatic rings. The maximum Gasteiger partial charge on any atom is 0.335 e. The molecule has 0 heterocycles. The third kappa shape index (κ3) is 4.27. The zero-order valence-corrected chi connectivity index (χ0v) is 14.3. The van der Waals surface area contributed by atoms with Crippen LogP contribution in [0.15, 0.2) is 79.9 Å². The van der Waals surface area contributed by atoms with Crippen LogP contribution in [-0.4, -0.2) is 11.9 Å². The normalized spacial score (nSPS) is 10.3. The monoisotopic (exact) mass is 362 g/mol. The highest BCUT2D eigenvalue weighted by molar-refractivity contribution is 5.90. The van der Waals surface area contributed by atoms with E-state index < -0.39 is 17.8 Å². The molecule has 0 aliphatic rings. The van der Waals surface area contributed by atoms with Crippen molar-refractivity contribution in [2.75, 3.05) is 0 Å². The van der Waals surface area contributed by atoms with Gasteiger partial charge in [0.2, 0.25) is 0 Å². The van der Waals surface area contributed by atoms with Crippen molar-refractivity contribution in [3.05, 3.63) is 85.7 Å². The lowest BCUT2D eigenvalue weighted by atomic mass is 10.0. The maximum absolute atomic E-state index is 13.9. The number of ether oxygens (including phenoxy) is 2. The molecule has 0 spiro atoms. The molecule has 0 unspecified atom stereocenters. The van der Waals surface area contributed by atoms with Crippen molar-refractivity contribution in [3.63, 3.8) is 0 Å². The molecular weight excluding hydrogens is 347 g/mol. The van der Waals surface area contributed by atoms with E-state index in [9.17, 15) is 14.0 Å². The minimum atomic E-state index is -0.660. The Balaban J connectivity index is 1.96. The molecule has 0 radical (unpaired) electrons. The number of hydrogen-bond acceptors (Lipinski definition) is 4. The van der Waals surface area contributed by atoms with E-state index in [1.807, 2.05) is 12.1 Å². The van der Waals surface area contributed by atoms with Gasteiger partial charge in [-0.1, -0.05) is 31.4 Å². The van der Waals surface area contributed by atoms with E-state index in [1.54, 1.807) is 30.3 Å². The minimum Gasteiger partial charge on any atom is -0.423 e. The molecule has 0 aromatic heterocycles. The lowest BCUT2D eigenvalue weighted by Crippen LogP contribution is -2.03. The van der Waals surface area contributed by atoms with Crippen molar-refractivity contribution in [1.82, 2.24) is 0 Å². The van der Waals surface area contributed by atoms with Crippen molar-refractivity contribution in [3.8, 4) is 22.6 Å². The van der Waals surface area contributed by atoms with Crippen LogP contribution >= 0.6 is 0 Å². The Kier molecular flexibility index (Phi) is 5.13. The van der Waals surface area contributed by atoms with Gasteiger partial charge in [-0.05, 0) is 52.2 Å². The van der Waals surface area contributed by atoms with E-state index in [0.717, 1.165) is 34.6 Å². The fraction of sp³-hybridized carbons (Fsp3) is 0. The summed E-state index contributed by atoms with van der Waals surface area (Å²) in [6.45, 7) is 6.68. The number of rotatable bonds is 5. The highest BCUT2D eigenvalue weighted by atomic mass is 19.1. The van der Waals surface area contributed by atoms with Gasteiger partial charge in [-0.25, -0.2) is 14.0 Å². The van der Waals surface area contributed by atoms with Crippen LogP contribution in [0.3, 0.4) is 0 Å². The molecule has 134 valence electrons. The van der Waals surface area contributed by atoms with E-state index in [4.69, 9.17) is 9.47 Å². The third-order valence-electron chi connectivity index (χ3n) is 3.79. The Morgan fingerprint density at radius 1 is 0.741 bits per heavy atom. The predicted molar refractivity (Wildman–Crippen MR) is 101 cm³/mol. The molecule has 0 aliphatic heterocycles. The maximum atomic E-state index is 13.9. The van der Waals surface area contributed by atoms with Gasteiger partial charge >= 0.3 is 11.9 Å². The number of carbonyl (C=O) groups excluding carboxylic acids is 2. The Bertz CT molecular complexity index is 1070. The van der Waals surface area contributed by atoms with E-state index >= 15 is 0 Å². The third-order valence-corrected chi connectivity index (χ3v) is 3.79. The largest absolute Gasteiger partial charge is 0.423 e. The van der Waals surface area contributed by atoms with Gasteiger partial charge in [0.1, 0.15) is 17.3 Å². The lowest BCUT2D eigenvalue weighted by Gasteiger charge is -2.09. The summed E-state index contributed by atoms with van der Waals surface area (Å²) in [5, 5.41) is 1.72. The average Bonchev–Trinajstić information content (AvgIpc) is 2.66. The second-order valence-corrected chi connectivity index (χ2v) is 5.65.